The first kappa shape index (κ1) is 59.1. The van der Waals surface area contributed by atoms with Crippen LogP contribution in [0.5, 0.6) is 0 Å². The number of hydrogen-bond acceptors (Lipinski definition) is 5. The smallest absolute Gasteiger partial charge is 0.306 e. The number of aliphatic hydroxyl groups is 2. The number of rotatable bonds is 48. The van der Waals surface area contributed by atoms with Crippen molar-refractivity contribution in [1.82, 2.24) is 5.32 Å². The Balaban J connectivity index is 4.33. The molecule has 61 heavy (non-hydrogen) atoms. The molecule has 0 heterocycles. The Morgan fingerprint density at radius 2 is 0.836 bits per heavy atom. The Labute approximate surface area is 379 Å². The van der Waals surface area contributed by atoms with E-state index in [0.717, 1.165) is 70.6 Å². The lowest BCUT2D eigenvalue weighted by Gasteiger charge is -2.24. The summed E-state index contributed by atoms with van der Waals surface area (Å²) in [5, 5.41) is 23.7. The van der Waals surface area contributed by atoms with Gasteiger partial charge in [-0.2, -0.15) is 0 Å². The second kappa shape index (κ2) is 49.1. The summed E-state index contributed by atoms with van der Waals surface area (Å²) >= 11 is 0. The summed E-state index contributed by atoms with van der Waals surface area (Å²) in [7, 11) is 0. The summed E-state index contributed by atoms with van der Waals surface area (Å²) < 4.78 is 5.90. The van der Waals surface area contributed by atoms with Gasteiger partial charge in [0.15, 0.2) is 0 Å². The van der Waals surface area contributed by atoms with Gasteiger partial charge in [-0.15, -0.1) is 0 Å². The highest BCUT2D eigenvalue weighted by molar-refractivity contribution is 5.77. The predicted molar refractivity (Wildman–Crippen MR) is 264 cm³/mol. The number of unbranched alkanes of at least 4 members (excludes halogenated alkanes) is 30. The zero-order valence-corrected chi connectivity index (χ0v) is 40.8. The average molecular weight is 858 g/mol. The molecule has 0 saturated heterocycles. The van der Waals surface area contributed by atoms with Crippen molar-refractivity contribution >= 4 is 11.9 Å². The Morgan fingerprint density at radius 3 is 1.30 bits per heavy atom. The van der Waals surface area contributed by atoms with Crippen LogP contribution in [0.1, 0.15) is 278 Å². The number of carbonyl (C=O) groups is 2. The highest BCUT2D eigenvalue weighted by Crippen LogP contribution is 2.18. The molecule has 0 saturated carbocycles. The van der Waals surface area contributed by atoms with Crippen LogP contribution in [0.2, 0.25) is 0 Å². The summed E-state index contributed by atoms with van der Waals surface area (Å²) in [5.74, 6) is -0.483. The van der Waals surface area contributed by atoms with E-state index in [1.54, 1.807) is 0 Å². The third-order valence-electron chi connectivity index (χ3n) is 12.2. The van der Waals surface area contributed by atoms with Gasteiger partial charge in [0.2, 0.25) is 5.91 Å². The van der Waals surface area contributed by atoms with E-state index in [9.17, 15) is 19.8 Å². The lowest BCUT2D eigenvalue weighted by Crippen LogP contribution is -2.46. The maximum atomic E-state index is 13.1. The van der Waals surface area contributed by atoms with Crippen molar-refractivity contribution in [1.29, 1.82) is 0 Å². The van der Waals surface area contributed by atoms with Gasteiger partial charge in [-0.3, -0.25) is 9.59 Å². The molecule has 0 aliphatic heterocycles. The quantitative estimate of drug-likeness (QED) is 0.0322. The molecular weight excluding hydrogens is 755 g/mol. The average Bonchev–Trinajstić information content (AvgIpc) is 3.25. The van der Waals surface area contributed by atoms with Crippen molar-refractivity contribution in [3.05, 3.63) is 36.5 Å². The number of aliphatic hydroxyl groups excluding tert-OH is 2. The first-order valence-corrected chi connectivity index (χ1v) is 26.7. The zero-order valence-electron chi connectivity index (χ0n) is 40.8. The SMILES string of the molecule is CCCCC/C=C\C/C=C\C/C=C\CCCCCCCCC(=O)OC(CCCCCCCCC)CC(=O)NC(CO)C(O)CCCCCCCCCCCCCCCCCC. The Hall–Kier alpha value is -1.92. The van der Waals surface area contributed by atoms with E-state index in [4.69, 9.17) is 4.74 Å². The Bertz CT molecular complexity index is 1010. The molecule has 0 radical (unpaired) electrons. The van der Waals surface area contributed by atoms with E-state index in [0.29, 0.717) is 19.3 Å². The van der Waals surface area contributed by atoms with Crippen LogP contribution < -0.4 is 5.32 Å². The van der Waals surface area contributed by atoms with E-state index in [2.05, 4.69) is 62.5 Å². The zero-order chi connectivity index (χ0) is 44.5. The second-order valence-corrected chi connectivity index (χ2v) is 18.3. The van der Waals surface area contributed by atoms with Crippen LogP contribution in [0, 0.1) is 0 Å². The van der Waals surface area contributed by atoms with E-state index < -0.39 is 18.2 Å². The third-order valence-corrected chi connectivity index (χ3v) is 12.2. The summed E-state index contributed by atoms with van der Waals surface area (Å²) in [6, 6.07) is -0.700. The molecule has 0 spiro atoms. The van der Waals surface area contributed by atoms with Crippen LogP contribution in [0.3, 0.4) is 0 Å². The van der Waals surface area contributed by atoms with Crippen LogP contribution in [0.25, 0.3) is 0 Å². The largest absolute Gasteiger partial charge is 0.462 e. The molecule has 0 aliphatic carbocycles. The van der Waals surface area contributed by atoms with Crippen molar-refractivity contribution in [2.75, 3.05) is 6.61 Å². The molecule has 3 atom stereocenters. The standard InChI is InChI=1S/C55H103NO5/c1-4-7-10-13-16-18-20-22-24-26-27-28-30-32-34-36-39-42-45-48-55(60)61-51(46-43-40-37-15-12-9-6-3)49-54(59)56-52(50-57)53(58)47-44-41-38-35-33-31-29-25-23-21-19-17-14-11-8-5-2/h16,18,22,24,27-28,51-53,57-58H,4-15,17,19-21,23,25-26,29-50H2,1-3H3,(H,56,59)/b18-16-,24-22-,28-27-. The molecule has 0 bridgehead atoms. The molecule has 358 valence electrons. The van der Waals surface area contributed by atoms with Crippen molar-refractivity contribution in [2.45, 2.75) is 296 Å². The van der Waals surface area contributed by atoms with Crippen LogP contribution in [-0.2, 0) is 14.3 Å². The first-order valence-electron chi connectivity index (χ1n) is 26.7. The number of carbonyl (C=O) groups excluding carboxylic acids is 2. The molecule has 0 rings (SSSR count). The maximum Gasteiger partial charge on any atom is 0.306 e. The number of allylic oxidation sites excluding steroid dienone is 6. The number of amides is 1. The fourth-order valence-corrected chi connectivity index (χ4v) is 8.14. The minimum atomic E-state index is -0.786. The van der Waals surface area contributed by atoms with Gasteiger partial charge in [0, 0.05) is 6.42 Å². The topological polar surface area (TPSA) is 95.9 Å². The van der Waals surface area contributed by atoms with Gasteiger partial charge < -0.3 is 20.3 Å². The van der Waals surface area contributed by atoms with Gasteiger partial charge >= 0.3 is 5.97 Å². The van der Waals surface area contributed by atoms with Crippen LogP contribution in [0.4, 0.5) is 0 Å². The molecule has 0 aromatic heterocycles. The van der Waals surface area contributed by atoms with Crippen molar-refractivity contribution in [3.8, 4) is 0 Å². The third kappa shape index (κ3) is 44.5. The van der Waals surface area contributed by atoms with Gasteiger partial charge in [0.25, 0.3) is 0 Å². The summed E-state index contributed by atoms with van der Waals surface area (Å²) in [6.07, 6.45) is 57.9. The molecule has 3 unspecified atom stereocenters. The molecule has 1 amide bonds. The van der Waals surface area contributed by atoms with E-state index >= 15 is 0 Å². The normalized spacial score (nSPS) is 13.5. The van der Waals surface area contributed by atoms with E-state index in [1.165, 1.54) is 161 Å². The van der Waals surface area contributed by atoms with Crippen LogP contribution in [-0.4, -0.2) is 46.9 Å². The molecule has 6 heteroatoms. The number of hydrogen-bond donors (Lipinski definition) is 3. The highest BCUT2D eigenvalue weighted by atomic mass is 16.5. The molecule has 6 nitrogen and oxygen atoms in total. The number of ether oxygens (including phenoxy) is 1. The highest BCUT2D eigenvalue weighted by Gasteiger charge is 2.24. The maximum absolute atomic E-state index is 13.1. The summed E-state index contributed by atoms with van der Waals surface area (Å²) in [6.45, 7) is 6.44. The fraction of sp³-hybridized carbons (Fsp3) is 0.855. The molecule has 0 aliphatic rings. The van der Waals surface area contributed by atoms with Crippen LogP contribution >= 0.6 is 0 Å². The van der Waals surface area contributed by atoms with Crippen molar-refractivity contribution in [2.24, 2.45) is 0 Å². The number of esters is 1. The minimum absolute atomic E-state index is 0.0745. The first-order chi connectivity index (χ1) is 30.0. The van der Waals surface area contributed by atoms with Crippen molar-refractivity contribution < 1.29 is 24.5 Å². The van der Waals surface area contributed by atoms with E-state index in [1.807, 2.05) is 0 Å². The molecule has 3 N–H and O–H groups in total. The van der Waals surface area contributed by atoms with Crippen molar-refractivity contribution in [3.63, 3.8) is 0 Å². The van der Waals surface area contributed by atoms with Gasteiger partial charge in [0.05, 0.1) is 25.2 Å². The lowest BCUT2D eigenvalue weighted by molar-refractivity contribution is -0.151. The van der Waals surface area contributed by atoms with E-state index in [-0.39, 0.29) is 24.9 Å². The summed E-state index contributed by atoms with van der Waals surface area (Å²) in [5.41, 5.74) is 0. The Morgan fingerprint density at radius 1 is 0.475 bits per heavy atom. The molecule has 0 fully saturated rings. The monoisotopic (exact) mass is 858 g/mol. The predicted octanol–water partition coefficient (Wildman–Crippen LogP) is 16.1. The van der Waals surface area contributed by atoms with Crippen LogP contribution in [0.15, 0.2) is 36.5 Å². The minimum Gasteiger partial charge on any atom is -0.462 e. The Kier molecular flexibility index (Phi) is 47.6. The molecular formula is C55H103NO5. The molecule has 0 aromatic rings. The lowest BCUT2D eigenvalue weighted by atomic mass is 10.0. The molecule has 0 aromatic carbocycles. The van der Waals surface area contributed by atoms with Gasteiger partial charge in [-0.1, -0.05) is 237 Å². The fourth-order valence-electron chi connectivity index (χ4n) is 8.14. The van der Waals surface area contributed by atoms with Gasteiger partial charge in [-0.25, -0.2) is 0 Å². The second-order valence-electron chi connectivity index (χ2n) is 18.3. The van der Waals surface area contributed by atoms with Gasteiger partial charge in [0.1, 0.15) is 6.10 Å². The summed E-state index contributed by atoms with van der Waals surface area (Å²) in [4.78, 5) is 26.0. The van der Waals surface area contributed by atoms with Gasteiger partial charge in [-0.05, 0) is 64.2 Å². The number of nitrogens with one attached hydrogen (secondary N) is 1.